The zero-order valence-corrected chi connectivity index (χ0v) is 21.6. The Morgan fingerprint density at radius 2 is 0.738 bits per heavy atom. The second kappa shape index (κ2) is 7.68. The molecule has 0 heterocycles. The van der Waals surface area contributed by atoms with E-state index < -0.39 is 51.2 Å². The van der Waals surface area contributed by atoms with Gasteiger partial charge in [0.15, 0.2) is 5.78 Å². The molecular weight excluding hydrogens is 544 g/mol. The summed E-state index contributed by atoms with van der Waals surface area (Å²) in [7, 11) is 0. The smallest absolute Gasteiger partial charge is 0.239 e. The fraction of sp³-hybridized carbons (Fsp3) is 0.114. The average Bonchev–Trinajstić information content (AvgIpc) is 3.37. The summed E-state index contributed by atoms with van der Waals surface area (Å²) in [5, 5.41) is 1.82. The number of benzene rings is 5. The van der Waals surface area contributed by atoms with E-state index in [2.05, 4.69) is 0 Å². The molecule has 7 heteroatoms. The zero-order chi connectivity index (χ0) is 29.2. The third-order valence-electron chi connectivity index (χ3n) is 9.50. The van der Waals surface area contributed by atoms with Crippen LogP contribution in [-0.2, 0) is 25.2 Å². The molecule has 5 aromatic carbocycles. The van der Waals surface area contributed by atoms with Gasteiger partial charge in [0, 0.05) is 0 Å². The van der Waals surface area contributed by atoms with E-state index in [-0.39, 0.29) is 22.3 Å². The topological polar surface area (TPSA) is 51.2 Å². The normalized spacial score (nSPS) is 29.9. The van der Waals surface area contributed by atoms with Gasteiger partial charge in [-0.1, -0.05) is 109 Å². The molecule has 0 unspecified atom stereocenters. The van der Waals surface area contributed by atoms with Gasteiger partial charge in [0.2, 0.25) is 34.6 Å². The molecule has 1 saturated carbocycles. The Hall–Kier alpha value is -4.91. The molecular formula is C35H18F4O3. The van der Waals surface area contributed by atoms with Crippen molar-refractivity contribution in [1.82, 2.24) is 0 Å². The van der Waals surface area contributed by atoms with E-state index in [9.17, 15) is 9.59 Å². The third-order valence-corrected chi connectivity index (χ3v) is 9.50. The van der Waals surface area contributed by atoms with Crippen LogP contribution < -0.4 is 0 Å². The van der Waals surface area contributed by atoms with Crippen LogP contribution in [-0.4, -0.2) is 28.7 Å². The second-order valence-electron chi connectivity index (χ2n) is 11.0. The van der Waals surface area contributed by atoms with Gasteiger partial charge in [-0.05, 0) is 43.8 Å². The SMILES string of the molecule is O=C1[C@]2(c3ccccc3)c3c(c4ccccc4c4ccccc34)[C@@]1(c1ccccc1)[C@@]1(F)C(=O)C(F)=C(F)C(=O)[C@@]21F. The maximum Gasteiger partial charge on any atom is 0.239 e. The Labute approximate surface area is 236 Å². The first kappa shape index (κ1) is 24.9. The van der Waals surface area contributed by atoms with Gasteiger partial charge < -0.3 is 0 Å². The van der Waals surface area contributed by atoms with Crippen molar-refractivity contribution in [2.24, 2.45) is 0 Å². The Bertz CT molecular complexity index is 1960. The van der Waals surface area contributed by atoms with Crippen LogP contribution in [0, 0.1) is 0 Å². The number of carbonyl (C=O) groups is 3. The third kappa shape index (κ3) is 2.20. The van der Waals surface area contributed by atoms with E-state index >= 15 is 22.4 Å². The van der Waals surface area contributed by atoms with Gasteiger partial charge in [0.25, 0.3) is 0 Å². The first-order valence-corrected chi connectivity index (χ1v) is 13.3. The first-order valence-electron chi connectivity index (χ1n) is 13.3. The highest BCUT2D eigenvalue weighted by atomic mass is 19.2. The molecule has 0 radical (unpaired) electrons. The lowest BCUT2D eigenvalue weighted by atomic mass is 9.52. The van der Waals surface area contributed by atoms with Crippen molar-refractivity contribution in [3.63, 3.8) is 0 Å². The predicted molar refractivity (Wildman–Crippen MR) is 148 cm³/mol. The summed E-state index contributed by atoms with van der Waals surface area (Å²) in [6.07, 6.45) is 0. The van der Waals surface area contributed by atoms with Crippen molar-refractivity contribution in [2.75, 3.05) is 0 Å². The van der Waals surface area contributed by atoms with E-state index in [4.69, 9.17) is 0 Å². The van der Waals surface area contributed by atoms with Crippen molar-refractivity contribution in [2.45, 2.75) is 22.2 Å². The summed E-state index contributed by atoms with van der Waals surface area (Å²) >= 11 is 0. The number of ketones is 3. The molecule has 0 amide bonds. The number of rotatable bonds is 2. The molecule has 0 saturated heterocycles. The van der Waals surface area contributed by atoms with E-state index in [1.165, 1.54) is 48.5 Å². The molecule has 0 N–H and O–H groups in total. The Kier molecular flexibility index (Phi) is 4.54. The maximum absolute atomic E-state index is 18.4. The number of allylic oxidation sites excluding steroid dienone is 2. The van der Waals surface area contributed by atoms with Crippen LogP contribution in [0.2, 0.25) is 0 Å². The monoisotopic (exact) mass is 562 g/mol. The molecule has 0 spiro atoms. The van der Waals surface area contributed by atoms with Crippen molar-refractivity contribution >= 4 is 38.9 Å². The molecule has 3 nitrogen and oxygen atoms in total. The van der Waals surface area contributed by atoms with Gasteiger partial charge >= 0.3 is 0 Å². The maximum atomic E-state index is 18.4. The predicted octanol–water partition coefficient (Wildman–Crippen LogP) is 6.88. The molecule has 42 heavy (non-hydrogen) atoms. The Morgan fingerprint density at radius 1 is 0.429 bits per heavy atom. The molecule has 3 aliphatic rings. The Balaban J connectivity index is 1.76. The van der Waals surface area contributed by atoms with Gasteiger partial charge in [-0.25, -0.2) is 8.78 Å². The van der Waals surface area contributed by atoms with Crippen molar-refractivity contribution in [1.29, 1.82) is 0 Å². The van der Waals surface area contributed by atoms with E-state index in [1.54, 1.807) is 60.7 Å². The molecule has 2 bridgehead atoms. The van der Waals surface area contributed by atoms with E-state index in [1.807, 2.05) is 0 Å². The number of halogens is 4. The average molecular weight is 563 g/mol. The van der Waals surface area contributed by atoms with Crippen LogP contribution >= 0.6 is 0 Å². The number of carbonyl (C=O) groups excluding carboxylic acids is 3. The highest BCUT2D eigenvalue weighted by molar-refractivity contribution is 6.35. The number of Topliss-reactive ketones (excluding diaryl/α,β-unsaturated/α-hetero) is 3. The molecule has 4 atom stereocenters. The lowest BCUT2D eigenvalue weighted by molar-refractivity contribution is -0.162. The van der Waals surface area contributed by atoms with Crippen LogP contribution in [0.5, 0.6) is 0 Å². The van der Waals surface area contributed by atoms with E-state index in [0.717, 1.165) is 0 Å². The minimum absolute atomic E-state index is 0.0381. The van der Waals surface area contributed by atoms with E-state index in [0.29, 0.717) is 21.5 Å². The summed E-state index contributed by atoms with van der Waals surface area (Å²) in [5.74, 6) is -10.2. The summed E-state index contributed by atoms with van der Waals surface area (Å²) in [6, 6.07) is 28.1. The first-order chi connectivity index (χ1) is 20.2. The minimum atomic E-state index is -4.16. The molecule has 0 aromatic heterocycles. The summed E-state index contributed by atoms with van der Waals surface area (Å²) in [4.78, 5) is 43.0. The second-order valence-corrected chi connectivity index (χ2v) is 11.0. The highest BCUT2D eigenvalue weighted by Gasteiger charge is 2.96. The molecule has 1 fully saturated rings. The van der Waals surface area contributed by atoms with Crippen LogP contribution in [0.25, 0.3) is 21.5 Å². The van der Waals surface area contributed by atoms with Crippen LogP contribution in [0.1, 0.15) is 22.3 Å². The number of hydrogen-bond donors (Lipinski definition) is 0. The lowest BCUT2D eigenvalue weighted by Gasteiger charge is -2.50. The van der Waals surface area contributed by atoms with Crippen LogP contribution in [0.3, 0.4) is 0 Å². The van der Waals surface area contributed by atoms with Crippen LogP contribution in [0.15, 0.2) is 121 Å². The lowest BCUT2D eigenvalue weighted by Crippen LogP contribution is -2.72. The Morgan fingerprint density at radius 3 is 1.10 bits per heavy atom. The molecule has 3 aliphatic carbocycles. The highest BCUT2D eigenvalue weighted by Crippen LogP contribution is 2.77. The number of hydrogen-bond acceptors (Lipinski definition) is 3. The largest absolute Gasteiger partial charge is 0.297 e. The van der Waals surface area contributed by atoms with Gasteiger partial charge in [0.1, 0.15) is 10.8 Å². The molecule has 5 aromatic rings. The van der Waals surface area contributed by atoms with Gasteiger partial charge in [-0.15, -0.1) is 0 Å². The minimum Gasteiger partial charge on any atom is -0.297 e. The fourth-order valence-corrected chi connectivity index (χ4v) is 8.08. The molecule has 0 aliphatic heterocycles. The standard InChI is InChI=1S/C35H18F4O3/c36-27-28(37)30(41)35(39)33(20-13-5-2-6-14-20)26-24-18-10-8-16-22(24)21-15-7-9-17-23(21)25(26)32(31(33)42,34(35,38)29(27)40)19-11-3-1-4-12-19/h1-18H/t32-,33+,34+,35-. The number of alkyl halides is 2. The number of fused-ring (bicyclic) bond motifs is 13. The molecule has 8 rings (SSSR count). The van der Waals surface area contributed by atoms with Gasteiger partial charge in [0.05, 0.1) is 0 Å². The summed E-state index contributed by atoms with van der Waals surface area (Å²) < 4.78 is 67.4. The van der Waals surface area contributed by atoms with Crippen molar-refractivity contribution in [3.8, 4) is 0 Å². The van der Waals surface area contributed by atoms with Crippen molar-refractivity contribution in [3.05, 3.63) is 143 Å². The van der Waals surface area contributed by atoms with Crippen molar-refractivity contribution < 1.29 is 31.9 Å². The summed E-state index contributed by atoms with van der Waals surface area (Å²) in [5.41, 5.74) is -14.4. The molecule has 204 valence electrons. The van der Waals surface area contributed by atoms with Crippen LogP contribution in [0.4, 0.5) is 17.6 Å². The summed E-state index contributed by atoms with van der Waals surface area (Å²) in [6.45, 7) is 0. The fourth-order valence-electron chi connectivity index (χ4n) is 8.08. The zero-order valence-electron chi connectivity index (χ0n) is 21.6. The van der Waals surface area contributed by atoms with Gasteiger partial charge in [-0.2, -0.15) is 8.78 Å². The van der Waals surface area contributed by atoms with Gasteiger partial charge in [-0.3, -0.25) is 14.4 Å². The quantitative estimate of drug-likeness (QED) is 0.174.